The summed E-state index contributed by atoms with van der Waals surface area (Å²) in [6.07, 6.45) is -1.04. The van der Waals surface area contributed by atoms with Crippen LogP contribution < -0.4 is 4.74 Å². The van der Waals surface area contributed by atoms with Crippen LogP contribution in [0.5, 0.6) is 5.75 Å². The number of hydrogen-bond acceptors (Lipinski definition) is 5. The first-order chi connectivity index (χ1) is 8.94. The lowest BCUT2D eigenvalue weighted by Crippen LogP contribution is -2.25. The van der Waals surface area contributed by atoms with Gasteiger partial charge < -0.3 is 18.9 Å². The Bertz CT molecular complexity index is 426. The first kappa shape index (κ1) is 13.8. The zero-order chi connectivity index (χ0) is 13.9. The van der Waals surface area contributed by atoms with Crippen molar-refractivity contribution in [3.8, 4) is 5.75 Å². The predicted molar refractivity (Wildman–Crippen MR) is 67.9 cm³/mol. The molecule has 5 nitrogen and oxygen atoms in total. The van der Waals surface area contributed by atoms with Crippen molar-refractivity contribution in [2.75, 3.05) is 13.2 Å². The van der Waals surface area contributed by atoms with Gasteiger partial charge in [0.2, 0.25) is 0 Å². The summed E-state index contributed by atoms with van der Waals surface area (Å²) < 4.78 is 20.9. The quantitative estimate of drug-likeness (QED) is 0.608. The van der Waals surface area contributed by atoms with E-state index >= 15 is 0 Å². The topological polar surface area (TPSA) is 54.0 Å². The highest BCUT2D eigenvalue weighted by atomic mass is 16.7. The second-order valence-corrected chi connectivity index (χ2v) is 5.21. The fourth-order valence-electron chi connectivity index (χ4n) is 1.61. The van der Waals surface area contributed by atoms with Crippen molar-refractivity contribution < 1.29 is 23.7 Å². The smallest absolute Gasteiger partial charge is 0.428 e. The van der Waals surface area contributed by atoms with Crippen LogP contribution in [0.15, 0.2) is 24.3 Å². The summed E-state index contributed by atoms with van der Waals surface area (Å²) >= 11 is 0. The van der Waals surface area contributed by atoms with Crippen molar-refractivity contribution >= 4 is 6.16 Å². The second-order valence-electron chi connectivity index (χ2n) is 5.21. The highest BCUT2D eigenvalue weighted by Crippen LogP contribution is 2.25. The van der Waals surface area contributed by atoms with Gasteiger partial charge >= 0.3 is 6.16 Å². The fraction of sp³-hybridized carbons (Fsp3) is 0.500. The molecule has 0 amide bonds. The van der Waals surface area contributed by atoms with Crippen molar-refractivity contribution in [1.82, 2.24) is 0 Å². The Morgan fingerprint density at radius 2 is 1.74 bits per heavy atom. The molecule has 5 heteroatoms. The van der Waals surface area contributed by atoms with Crippen molar-refractivity contribution in [3.63, 3.8) is 0 Å². The molecule has 1 aromatic rings. The van der Waals surface area contributed by atoms with Crippen LogP contribution in [0.25, 0.3) is 0 Å². The Kier molecular flexibility index (Phi) is 4.07. The molecule has 0 atom stereocenters. The van der Waals surface area contributed by atoms with Gasteiger partial charge in [0.15, 0.2) is 6.29 Å². The number of ether oxygens (including phenoxy) is 4. The Morgan fingerprint density at radius 1 is 1.16 bits per heavy atom. The van der Waals surface area contributed by atoms with Crippen LogP contribution in [0.4, 0.5) is 4.79 Å². The lowest BCUT2D eigenvalue weighted by molar-refractivity contribution is -0.0441. The van der Waals surface area contributed by atoms with Crippen LogP contribution in [0.1, 0.15) is 32.6 Å². The number of benzene rings is 1. The van der Waals surface area contributed by atoms with Crippen molar-refractivity contribution in [2.45, 2.75) is 32.7 Å². The Balaban J connectivity index is 1.93. The lowest BCUT2D eigenvalue weighted by atomic mass is 10.2. The number of carbonyl (C=O) groups excluding carboxylic acids is 1. The van der Waals surface area contributed by atoms with Crippen LogP contribution in [0, 0.1) is 0 Å². The summed E-state index contributed by atoms with van der Waals surface area (Å²) in [6, 6.07) is 6.97. The van der Waals surface area contributed by atoms with Crippen molar-refractivity contribution in [3.05, 3.63) is 29.8 Å². The molecule has 0 radical (unpaired) electrons. The van der Waals surface area contributed by atoms with Crippen molar-refractivity contribution in [2.24, 2.45) is 0 Å². The first-order valence-corrected chi connectivity index (χ1v) is 6.18. The van der Waals surface area contributed by atoms with Crippen molar-refractivity contribution in [1.29, 1.82) is 0 Å². The highest BCUT2D eigenvalue weighted by Gasteiger charge is 2.20. The van der Waals surface area contributed by atoms with E-state index in [9.17, 15) is 4.79 Å². The molecule has 1 aliphatic heterocycles. The molecule has 0 aliphatic carbocycles. The van der Waals surface area contributed by atoms with Gasteiger partial charge in [-0.15, -0.1) is 0 Å². The second kappa shape index (κ2) is 5.59. The lowest BCUT2D eigenvalue weighted by Gasteiger charge is -2.18. The molecule has 104 valence electrons. The molecule has 0 bridgehead atoms. The standard InChI is InChI=1S/C14H18O5/c1-14(2,3)19-13(15)18-11-6-4-10(5-7-11)12-16-8-9-17-12/h4-7,12H,8-9H2,1-3H3. The minimum Gasteiger partial charge on any atom is -0.428 e. The average Bonchev–Trinajstić information content (AvgIpc) is 2.80. The van der Waals surface area contributed by atoms with E-state index in [1.54, 1.807) is 45.0 Å². The zero-order valence-electron chi connectivity index (χ0n) is 11.3. The van der Waals surface area contributed by atoms with E-state index in [1.807, 2.05) is 0 Å². The third-order valence-electron chi connectivity index (χ3n) is 2.36. The summed E-state index contributed by atoms with van der Waals surface area (Å²) in [5, 5.41) is 0. The predicted octanol–water partition coefficient (Wildman–Crippen LogP) is 3.05. The molecule has 1 heterocycles. The molecule has 1 aromatic carbocycles. The summed E-state index contributed by atoms with van der Waals surface area (Å²) in [5.41, 5.74) is 0.330. The third kappa shape index (κ3) is 4.22. The van der Waals surface area contributed by atoms with E-state index in [4.69, 9.17) is 18.9 Å². The molecule has 2 rings (SSSR count). The van der Waals surface area contributed by atoms with Crippen LogP contribution in [-0.4, -0.2) is 25.0 Å². The molecule has 1 saturated heterocycles. The average molecular weight is 266 g/mol. The molecule has 0 spiro atoms. The summed E-state index contributed by atoms with van der Waals surface area (Å²) in [7, 11) is 0. The minimum absolute atomic E-state index is 0.324. The Morgan fingerprint density at radius 3 is 2.26 bits per heavy atom. The molecule has 1 aliphatic rings. The molecule has 0 saturated carbocycles. The van der Waals surface area contributed by atoms with Gasteiger partial charge in [-0.25, -0.2) is 4.79 Å². The van der Waals surface area contributed by atoms with Gasteiger partial charge in [0.05, 0.1) is 13.2 Å². The summed E-state index contributed by atoms with van der Waals surface area (Å²) in [6.45, 7) is 6.55. The van der Waals surface area contributed by atoms with Crippen LogP contribution in [0.2, 0.25) is 0 Å². The van der Waals surface area contributed by atoms with E-state index in [0.29, 0.717) is 19.0 Å². The Labute approximate surface area is 112 Å². The number of hydrogen-bond donors (Lipinski definition) is 0. The van der Waals surface area contributed by atoms with Gasteiger partial charge in [-0.2, -0.15) is 0 Å². The van der Waals surface area contributed by atoms with E-state index in [0.717, 1.165) is 5.56 Å². The van der Waals surface area contributed by atoms with E-state index in [1.165, 1.54) is 0 Å². The third-order valence-corrected chi connectivity index (χ3v) is 2.36. The molecule has 19 heavy (non-hydrogen) atoms. The van der Waals surface area contributed by atoms with Crippen LogP contribution in [0.3, 0.4) is 0 Å². The minimum atomic E-state index is -0.714. The SMILES string of the molecule is CC(C)(C)OC(=O)Oc1ccc(C2OCCO2)cc1. The maximum Gasteiger partial charge on any atom is 0.514 e. The molecule has 0 N–H and O–H groups in total. The van der Waals surface area contributed by atoms with Gasteiger partial charge in [0.25, 0.3) is 0 Å². The number of rotatable bonds is 2. The molecule has 0 aromatic heterocycles. The summed E-state index contributed by atoms with van der Waals surface area (Å²) in [4.78, 5) is 11.5. The van der Waals surface area contributed by atoms with Crippen LogP contribution in [-0.2, 0) is 14.2 Å². The molecular weight excluding hydrogens is 248 g/mol. The van der Waals surface area contributed by atoms with Gasteiger partial charge in [0, 0.05) is 5.56 Å². The van der Waals surface area contributed by atoms with Crippen LogP contribution >= 0.6 is 0 Å². The van der Waals surface area contributed by atoms with Gasteiger partial charge in [-0.05, 0) is 32.9 Å². The highest BCUT2D eigenvalue weighted by molar-refractivity contribution is 5.64. The number of carbonyl (C=O) groups is 1. The van der Waals surface area contributed by atoms with E-state index in [2.05, 4.69) is 0 Å². The normalized spacial score (nSPS) is 16.4. The largest absolute Gasteiger partial charge is 0.514 e. The molecular formula is C14H18O5. The van der Waals surface area contributed by atoms with E-state index in [-0.39, 0.29) is 6.29 Å². The van der Waals surface area contributed by atoms with E-state index < -0.39 is 11.8 Å². The molecule has 1 fully saturated rings. The zero-order valence-corrected chi connectivity index (χ0v) is 11.3. The van der Waals surface area contributed by atoms with Gasteiger partial charge in [-0.3, -0.25) is 0 Å². The Hall–Kier alpha value is -1.59. The van der Waals surface area contributed by atoms with Gasteiger partial charge in [0.1, 0.15) is 11.4 Å². The molecule has 0 unspecified atom stereocenters. The summed E-state index contributed by atoms with van der Waals surface area (Å²) in [5.74, 6) is 0.427. The first-order valence-electron chi connectivity index (χ1n) is 6.18. The monoisotopic (exact) mass is 266 g/mol. The maximum absolute atomic E-state index is 11.5. The van der Waals surface area contributed by atoms with Gasteiger partial charge in [-0.1, -0.05) is 12.1 Å². The fourth-order valence-corrected chi connectivity index (χ4v) is 1.61. The maximum atomic E-state index is 11.5.